The van der Waals surface area contributed by atoms with Crippen LogP contribution in [-0.2, 0) is 6.42 Å². The van der Waals surface area contributed by atoms with Gasteiger partial charge in [0.2, 0.25) is 5.95 Å². The van der Waals surface area contributed by atoms with E-state index in [-0.39, 0.29) is 29.6 Å². The molecule has 1 aromatic heterocycles. The number of nitrogen functional groups attached to an aromatic ring is 1. The molecule has 0 fully saturated rings. The van der Waals surface area contributed by atoms with Gasteiger partial charge in [-0.05, 0) is 28.8 Å². The molecular weight excluding hydrogens is 314 g/mol. The topological polar surface area (TPSA) is 88.8 Å². The smallest absolute Gasteiger partial charge is 0.256 e. The van der Waals surface area contributed by atoms with Gasteiger partial charge < -0.3 is 5.73 Å². The first kappa shape index (κ1) is 16.7. The summed E-state index contributed by atoms with van der Waals surface area (Å²) in [6.45, 7) is 2.04. The minimum absolute atomic E-state index is 0. The minimum atomic E-state index is -0.376. The summed E-state index contributed by atoms with van der Waals surface area (Å²) in [4.78, 5) is 29.6. The van der Waals surface area contributed by atoms with Crippen LogP contribution in [0.3, 0.4) is 0 Å². The highest BCUT2D eigenvalue weighted by atomic mass is 35.5. The largest absolute Gasteiger partial charge is 0.369 e. The van der Waals surface area contributed by atoms with Crippen LogP contribution in [0.4, 0.5) is 5.95 Å². The normalized spacial score (nSPS) is 10.3. The van der Waals surface area contributed by atoms with Gasteiger partial charge in [0.15, 0.2) is 6.29 Å². The molecule has 0 saturated carbocycles. The van der Waals surface area contributed by atoms with Crippen LogP contribution < -0.4 is 11.3 Å². The lowest BCUT2D eigenvalue weighted by molar-refractivity contribution is 0.111. The number of benzene rings is 2. The van der Waals surface area contributed by atoms with Crippen LogP contribution in [0.15, 0.2) is 41.2 Å². The first-order chi connectivity index (χ1) is 10.6. The fourth-order valence-electron chi connectivity index (χ4n) is 2.66. The second-order valence-electron chi connectivity index (χ2n) is 5.20. The van der Waals surface area contributed by atoms with Crippen LogP contribution >= 0.6 is 12.4 Å². The first-order valence-electron chi connectivity index (χ1n) is 6.91. The quantitative estimate of drug-likeness (QED) is 0.723. The number of nitrogens with zero attached hydrogens (tertiary/aromatic N) is 1. The maximum Gasteiger partial charge on any atom is 0.256 e. The summed E-state index contributed by atoms with van der Waals surface area (Å²) < 4.78 is 0. The molecule has 0 atom stereocenters. The van der Waals surface area contributed by atoms with Crippen molar-refractivity contribution in [3.05, 3.63) is 69.1 Å². The van der Waals surface area contributed by atoms with E-state index in [0.29, 0.717) is 18.3 Å². The molecule has 0 amide bonds. The fraction of sp³-hybridized carbons (Fsp3) is 0.118. The number of fused-ring (bicyclic) bond motifs is 1. The van der Waals surface area contributed by atoms with Gasteiger partial charge in [0, 0.05) is 6.42 Å². The summed E-state index contributed by atoms with van der Waals surface area (Å²) in [5, 5.41) is 2.20. The SMILES string of the molecule is Cc1ccc(Cc2c(C=O)nc(N)[nH]c2=O)c2ccccc12.Cl. The van der Waals surface area contributed by atoms with Crippen LogP contribution in [0.2, 0.25) is 0 Å². The van der Waals surface area contributed by atoms with E-state index in [2.05, 4.69) is 9.97 Å². The summed E-state index contributed by atoms with van der Waals surface area (Å²) in [5.74, 6) is -0.0513. The summed E-state index contributed by atoms with van der Waals surface area (Å²) in [6, 6.07) is 12.0. The molecule has 0 saturated heterocycles. The number of nitrogens with one attached hydrogen (secondary N) is 1. The number of carbonyl (C=O) groups excluding carboxylic acids is 1. The lowest BCUT2D eigenvalue weighted by Crippen LogP contribution is -2.20. The van der Waals surface area contributed by atoms with Crippen molar-refractivity contribution in [3.63, 3.8) is 0 Å². The monoisotopic (exact) mass is 329 g/mol. The third-order valence-electron chi connectivity index (χ3n) is 3.78. The highest BCUT2D eigenvalue weighted by molar-refractivity contribution is 5.89. The highest BCUT2D eigenvalue weighted by Crippen LogP contribution is 2.24. The van der Waals surface area contributed by atoms with Crippen molar-refractivity contribution in [1.29, 1.82) is 0 Å². The van der Waals surface area contributed by atoms with E-state index in [0.717, 1.165) is 16.3 Å². The van der Waals surface area contributed by atoms with Gasteiger partial charge in [-0.1, -0.05) is 36.4 Å². The minimum Gasteiger partial charge on any atom is -0.369 e. The van der Waals surface area contributed by atoms with Gasteiger partial charge in [0.1, 0.15) is 5.69 Å². The predicted molar refractivity (Wildman–Crippen MR) is 93.4 cm³/mol. The molecule has 1 heterocycles. The number of aryl methyl sites for hydroxylation is 1. The Labute approximate surface area is 139 Å². The van der Waals surface area contributed by atoms with E-state index in [4.69, 9.17) is 5.73 Å². The van der Waals surface area contributed by atoms with Crippen LogP contribution in [-0.4, -0.2) is 16.3 Å². The van der Waals surface area contributed by atoms with Crippen molar-refractivity contribution < 1.29 is 4.79 Å². The van der Waals surface area contributed by atoms with Crippen LogP contribution in [0.1, 0.15) is 27.2 Å². The summed E-state index contributed by atoms with van der Waals surface area (Å²) in [5.41, 5.74) is 7.67. The number of hydrogen-bond donors (Lipinski definition) is 2. The average molecular weight is 330 g/mol. The standard InChI is InChI=1S/C17H15N3O2.ClH/c1-10-6-7-11(13-5-3-2-4-12(10)13)8-14-15(9-21)19-17(18)20-16(14)22;/h2-7,9H,8H2,1H3,(H3,18,19,20,22);1H. The number of aromatic nitrogens is 2. The van der Waals surface area contributed by atoms with Gasteiger partial charge in [0.05, 0.1) is 5.56 Å². The Kier molecular flexibility index (Phi) is 4.81. The molecular formula is C17H16ClN3O2. The lowest BCUT2D eigenvalue weighted by atomic mass is 9.96. The molecule has 23 heavy (non-hydrogen) atoms. The van der Waals surface area contributed by atoms with E-state index < -0.39 is 0 Å². The Hall–Kier alpha value is -2.66. The molecule has 6 heteroatoms. The summed E-state index contributed by atoms with van der Waals surface area (Å²) >= 11 is 0. The second kappa shape index (κ2) is 6.62. The van der Waals surface area contributed by atoms with Gasteiger partial charge in [-0.2, -0.15) is 0 Å². The number of halogens is 1. The first-order valence-corrected chi connectivity index (χ1v) is 6.91. The van der Waals surface area contributed by atoms with E-state index in [1.807, 2.05) is 43.3 Å². The van der Waals surface area contributed by atoms with Gasteiger partial charge in [0.25, 0.3) is 5.56 Å². The zero-order chi connectivity index (χ0) is 15.7. The number of carbonyl (C=O) groups is 1. The maximum atomic E-state index is 12.1. The van der Waals surface area contributed by atoms with Crippen LogP contribution in [0, 0.1) is 6.92 Å². The van der Waals surface area contributed by atoms with Crippen LogP contribution in [0.25, 0.3) is 10.8 Å². The Morgan fingerprint density at radius 3 is 2.57 bits per heavy atom. The lowest BCUT2D eigenvalue weighted by Gasteiger charge is -2.10. The number of hydrogen-bond acceptors (Lipinski definition) is 4. The zero-order valence-electron chi connectivity index (χ0n) is 12.5. The molecule has 3 rings (SSSR count). The van der Waals surface area contributed by atoms with Gasteiger partial charge in [-0.25, -0.2) is 4.98 Å². The molecule has 0 spiro atoms. The van der Waals surface area contributed by atoms with Crippen molar-refractivity contribution in [2.24, 2.45) is 0 Å². The number of aldehydes is 1. The van der Waals surface area contributed by atoms with E-state index in [1.54, 1.807) is 0 Å². The molecule has 2 aromatic carbocycles. The van der Waals surface area contributed by atoms with Crippen molar-refractivity contribution in [1.82, 2.24) is 9.97 Å². The van der Waals surface area contributed by atoms with Crippen molar-refractivity contribution in [2.45, 2.75) is 13.3 Å². The molecule has 0 bridgehead atoms. The number of nitrogens with two attached hydrogens (primary N) is 1. The molecule has 0 unspecified atom stereocenters. The third kappa shape index (κ3) is 3.10. The van der Waals surface area contributed by atoms with E-state index >= 15 is 0 Å². The zero-order valence-corrected chi connectivity index (χ0v) is 13.3. The van der Waals surface area contributed by atoms with E-state index in [1.165, 1.54) is 5.56 Å². The predicted octanol–water partition coefficient (Wildman–Crippen LogP) is 2.64. The Balaban J connectivity index is 0.00000192. The van der Waals surface area contributed by atoms with Gasteiger partial charge in [-0.15, -0.1) is 12.4 Å². The van der Waals surface area contributed by atoms with Gasteiger partial charge in [-0.3, -0.25) is 14.6 Å². The average Bonchev–Trinajstić information content (AvgIpc) is 2.52. The highest BCUT2D eigenvalue weighted by Gasteiger charge is 2.13. The van der Waals surface area contributed by atoms with Crippen molar-refractivity contribution in [3.8, 4) is 0 Å². The molecule has 0 radical (unpaired) electrons. The third-order valence-corrected chi connectivity index (χ3v) is 3.78. The summed E-state index contributed by atoms with van der Waals surface area (Å²) in [6.07, 6.45) is 0.898. The van der Waals surface area contributed by atoms with Gasteiger partial charge >= 0.3 is 0 Å². The van der Waals surface area contributed by atoms with Crippen molar-refractivity contribution >= 4 is 35.4 Å². The molecule has 118 valence electrons. The Morgan fingerprint density at radius 1 is 1.17 bits per heavy atom. The number of H-pyrrole nitrogens is 1. The maximum absolute atomic E-state index is 12.1. The number of anilines is 1. The molecule has 0 aliphatic carbocycles. The second-order valence-corrected chi connectivity index (χ2v) is 5.20. The number of rotatable bonds is 3. The molecule has 5 nitrogen and oxygen atoms in total. The molecule has 0 aliphatic rings. The van der Waals surface area contributed by atoms with Crippen LogP contribution in [0.5, 0.6) is 0 Å². The summed E-state index contributed by atoms with van der Waals surface area (Å²) in [7, 11) is 0. The molecule has 0 aliphatic heterocycles. The molecule has 3 N–H and O–H groups in total. The Morgan fingerprint density at radius 2 is 1.87 bits per heavy atom. The number of aromatic amines is 1. The van der Waals surface area contributed by atoms with Crippen molar-refractivity contribution in [2.75, 3.05) is 5.73 Å². The van der Waals surface area contributed by atoms with E-state index in [9.17, 15) is 9.59 Å². The fourth-order valence-corrected chi connectivity index (χ4v) is 2.66. The molecule has 3 aromatic rings. The Bertz CT molecular complexity index is 935.